The highest BCUT2D eigenvalue weighted by Gasteiger charge is 2.32. The van der Waals surface area contributed by atoms with E-state index in [4.69, 9.17) is 0 Å². The van der Waals surface area contributed by atoms with Crippen LogP contribution in [0.1, 0.15) is 56.3 Å². The summed E-state index contributed by atoms with van der Waals surface area (Å²) in [6.45, 7) is 8.18. The predicted octanol–water partition coefficient (Wildman–Crippen LogP) is 6.10. The molecule has 0 spiro atoms. The minimum Gasteiger partial charge on any atom is -0.322 e. The molecule has 1 fully saturated rings. The molecule has 3 rings (SSSR count). The number of amides is 1. The number of allylic oxidation sites excluding steroid dienone is 6. The van der Waals surface area contributed by atoms with Gasteiger partial charge in [-0.05, 0) is 80.7 Å². The second-order valence-corrected chi connectivity index (χ2v) is 7.65. The number of benzene rings is 1. The molecule has 1 aromatic carbocycles. The molecule has 1 aromatic rings. The van der Waals surface area contributed by atoms with E-state index in [1.165, 1.54) is 54.5 Å². The van der Waals surface area contributed by atoms with Crippen LogP contribution in [0.5, 0.6) is 0 Å². The van der Waals surface area contributed by atoms with Gasteiger partial charge >= 0.3 is 0 Å². The molecule has 2 aliphatic rings. The largest absolute Gasteiger partial charge is 0.322 e. The van der Waals surface area contributed by atoms with E-state index in [1.54, 1.807) is 18.2 Å². The van der Waals surface area contributed by atoms with Gasteiger partial charge in [-0.1, -0.05) is 42.9 Å². The highest BCUT2D eigenvalue weighted by Crippen LogP contribution is 2.46. The van der Waals surface area contributed by atoms with Gasteiger partial charge in [-0.25, -0.2) is 4.39 Å². The molecule has 2 atom stereocenters. The zero-order valence-electron chi connectivity index (χ0n) is 16.2. The van der Waals surface area contributed by atoms with Gasteiger partial charge in [0, 0.05) is 5.70 Å². The van der Waals surface area contributed by atoms with Crippen molar-refractivity contribution in [2.45, 2.75) is 46.0 Å². The number of carbonyl (C=O) groups is 1. The van der Waals surface area contributed by atoms with Gasteiger partial charge in [-0.2, -0.15) is 0 Å². The number of halogens is 1. The van der Waals surface area contributed by atoms with Crippen LogP contribution in [0.25, 0.3) is 0 Å². The first kappa shape index (κ1) is 19.3. The molecule has 0 saturated heterocycles. The summed E-state index contributed by atoms with van der Waals surface area (Å²) in [6, 6.07) is 5.95. The van der Waals surface area contributed by atoms with Crippen molar-refractivity contribution in [3.8, 4) is 0 Å². The standard InChI is InChI=1S/C24H28FNO/c1-4-18(22-15-20-9-7-8-19(20)14-16(22)2)13-12-17(3)26-24(27)21-10-5-6-11-23(21)25/h4-6,10-13,19-20H,3,7-9,14-15H2,1-2H3,(H,26,27)/b13-12-,18-4+. The summed E-state index contributed by atoms with van der Waals surface area (Å²) in [7, 11) is 0. The SMILES string of the molecule is C=C(/C=C\C(=C/C)C1=C(C)CC2CCCC2C1)NC(=O)c1ccccc1F. The predicted molar refractivity (Wildman–Crippen MR) is 109 cm³/mol. The molecule has 0 aromatic heterocycles. The van der Waals surface area contributed by atoms with Crippen LogP contribution in [0.15, 0.2) is 71.5 Å². The Morgan fingerprint density at radius 3 is 2.59 bits per heavy atom. The van der Waals surface area contributed by atoms with Crippen LogP contribution in [-0.2, 0) is 0 Å². The number of fused-ring (bicyclic) bond motifs is 1. The third kappa shape index (κ3) is 4.47. The highest BCUT2D eigenvalue weighted by atomic mass is 19.1. The maximum absolute atomic E-state index is 13.7. The molecule has 0 radical (unpaired) electrons. The minimum absolute atomic E-state index is 0.0245. The lowest BCUT2D eigenvalue weighted by atomic mass is 9.76. The molecule has 1 saturated carbocycles. The Morgan fingerprint density at radius 1 is 1.19 bits per heavy atom. The molecule has 1 N–H and O–H groups in total. The fourth-order valence-corrected chi connectivity index (χ4v) is 4.43. The lowest BCUT2D eigenvalue weighted by Gasteiger charge is -2.29. The Kier molecular flexibility index (Phi) is 6.10. The molecular formula is C24H28FNO. The van der Waals surface area contributed by atoms with Gasteiger partial charge in [0.25, 0.3) is 5.91 Å². The molecule has 0 bridgehead atoms. The van der Waals surface area contributed by atoms with Crippen molar-refractivity contribution in [3.63, 3.8) is 0 Å². The topological polar surface area (TPSA) is 29.1 Å². The average Bonchev–Trinajstić information content (AvgIpc) is 3.09. The first-order chi connectivity index (χ1) is 13.0. The van der Waals surface area contributed by atoms with Crippen LogP contribution in [-0.4, -0.2) is 5.91 Å². The summed E-state index contributed by atoms with van der Waals surface area (Å²) in [4.78, 5) is 12.2. The third-order valence-electron chi connectivity index (χ3n) is 5.88. The van der Waals surface area contributed by atoms with E-state index in [0.29, 0.717) is 5.70 Å². The van der Waals surface area contributed by atoms with E-state index in [2.05, 4.69) is 24.9 Å². The van der Waals surface area contributed by atoms with E-state index in [1.807, 2.05) is 13.0 Å². The minimum atomic E-state index is -0.532. The molecule has 142 valence electrons. The van der Waals surface area contributed by atoms with Gasteiger partial charge in [0.05, 0.1) is 5.56 Å². The van der Waals surface area contributed by atoms with Crippen LogP contribution in [0, 0.1) is 17.7 Å². The Labute approximate surface area is 161 Å². The van der Waals surface area contributed by atoms with Gasteiger partial charge in [0.2, 0.25) is 0 Å². The van der Waals surface area contributed by atoms with Gasteiger partial charge < -0.3 is 5.32 Å². The maximum atomic E-state index is 13.7. The maximum Gasteiger partial charge on any atom is 0.258 e. The van der Waals surface area contributed by atoms with Crippen molar-refractivity contribution < 1.29 is 9.18 Å². The second-order valence-electron chi connectivity index (χ2n) is 7.65. The molecule has 2 nitrogen and oxygen atoms in total. The Morgan fingerprint density at radius 2 is 1.89 bits per heavy atom. The average molecular weight is 365 g/mol. The zero-order valence-corrected chi connectivity index (χ0v) is 16.2. The van der Waals surface area contributed by atoms with Gasteiger partial charge in [0.15, 0.2) is 0 Å². The lowest BCUT2D eigenvalue weighted by Crippen LogP contribution is -2.22. The number of carbonyl (C=O) groups excluding carboxylic acids is 1. The Hall–Kier alpha value is -2.42. The second kappa shape index (κ2) is 8.51. The van der Waals surface area contributed by atoms with Gasteiger partial charge in [-0.3, -0.25) is 4.79 Å². The first-order valence-corrected chi connectivity index (χ1v) is 9.77. The first-order valence-electron chi connectivity index (χ1n) is 9.77. The Balaban J connectivity index is 1.67. The Bertz CT molecular complexity index is 831. The third-order valence-corrected chi connectivity index (χ3v) is 5.88. The summed E-state index contributed by atoms with van der Waals surface area (Å²) in [6.07, 6.45) is 12.4. The quantitative estimate of drug-likeness (QED) is 0.628. The normalized spacial score (nSPS) is 22.9. The fourth-order valence-electron chi connectivity index (χ4n) is 4.43. The van der Waals surface area contributed by atoms with Crippen molar-refractivity contribution in [2.75, 3.05) is 0 Å². The number of hydrogen-bond acceptors (Lipinski definition) is 1. The van der Waals surface area contributed by atoms with E-state index in [0.717, 1.165) is 18.3 Å². The van der Waals surface area contributed by atoms with Gasteiger partial charge in [0.1, 0.15) is 5.82 Å². The van der Waals surface area contributed by atoms with Crippen molar-refractivity contribution in [2.24, 2.45) is 11.8 Å². The van der Waals surface area contributed by atoms with E-state index >= 15 is 0 Å². The van der Waals surface area contributed by atoms with Crippen LogP contribution < -0.4 is 5.32 Å². The molecule has 2 aliphatic carbocycles. The number of rotatable bonds is 5. The van der Waals surface area contributed by atoms with E-state index in [-0.39, 0.29) is 5.56 Å². The van der Waals surface area contributed by atoms with E-state index < -0.39 is 11.7 Å². The number of hydrogen-bond donors (Lipinski definition) is 1. The monoisotopic (exact) mass is 365 g/mol. The number of nitrogens with one attached hydrogen (secondary N) is 1. The zero-order chi connectivity index (χ0) is 19.4. The molecule has 27 heavy (non-hydrogen) atoms. The van der Waals surface area contributed by atoms with Crippen LogP contribution >= 0.6 is 0 Å². The summed E-state index contributed by atoms with van der Waals surface area (Å²) in [5, 5.41) is 2.66. The van der Waals surface area contributed by atoms with Crippen molar-refractivity contribution in [1.82, 2.24) is 5.32 Å². The summed E-state index contributed by atoms with van der Waals surface area (Å²) in [5.41, 5.74) is 4.59. The van der Waals surface area contributed by atoms with Crippen LogP contribution in [0.2, 0.25) is 0 Å². The van der Waals surface area contributed by atoms with Crippen molar-refractivity contribution in [1.29, 1.82) is 0 Å². The van der Waals surface area contributed by atoms with Gasteiger partial charge in [-0.15, -0.1) is 0 Å². The fraction of sp³-hybridized carbons (Fsp3) is 0.375. The lowest BCUT2D eigenvalue weighted by molar-refractivity contribution is 0.0963. The highest BCUT2D eigenvalue weighted by molar-refractivity contribution is 5.95. The molecular weight excluding hydrogens is 337 g/mol. The van der Waals surface area contributed by atoms with Crippen LogP contribution in [0.4, 0.5) is 4.39 Å². The molecule has 3 heteroatoms. The van der Waals surface area contributed by atoms with E-state index in [9.17, 15) is 9.18 Å². The molecule has 2 unspecified atom stereocenters. The molecule has 0 aliphatic heterocycles. The van der Waals surface area contributed by atoms with Crippen molar-refractivity contribution >= 4 is 5.91 Å². The van der Waals surface area contributed by atoms with Crippen LogP contribution in [0.3, 0.4) is 0 Å². The molecule has 0 heterocycles. The summed E-state index contributed by atoms with van der Waals surface area (Å²) < 4.78 is 13.7. The van der Waals surface area contributed by atoms with Crippen molar-refractivity contribution in [3.05, 3.63) is 82.9 Å². The summed E-state index contributed by atoms with van der Waals surface area (Å²) >= 11 is 0. The molecule has 1 amide bonds. The summed E-state index contributed by atoms with van der Waals surface area (Å²) in [5.74, 6) is 0.670. The smallest absolute Gasteiger partial charge is 0.258 e.